The molecule has 0 saturated carbocycles. The molecule has 132 valence electrons. The van der Waals surface area contributed by atoms with Crippen molar-refractivity contribution in [1.29, 1.82) is 0 Å². The highest BCUT2D eigenvalue weighted by molar-refractivity contribution is 14.0. The van der Waals surface area contributed by atoms with Gasteiger partial charge in [0.25, 0.3) is 0 Å². The molecule has 2 rings (SSSR count). The van der Waals surface area contributed by atoms with Crippen molar-refractivity contribution >= 4 is 41.3 Å². The number of benzene rings is 1. The molecule has 2 aromatic rings. The minimum atomic E-state index is -0.300. The predicted molar refractivity (Wildman–Crippen MR) is 109 cm³/mol. The Morgan fingerprint density at radius 1 is 1.29 bits per heavy atom. The molecule has 24 heavy (non-hydrogen) atoms. The van der Waals surface area contributed by atoms with Gasteiger partial charge in [-0.1, -0.05) is 6.07 Å². The molecule has 1 aromatic carbocycles. The Bertz CT molecular complexity index is 663. The summed E-state index contributed by atoms with van der Waals surface area (Å²) in [5.74, 6) is 0.938. The van der Waals surface area contributed by atoms with Crippen LogP contribution in [0.3, 0.4) is 0 Å². The number of halogens is 2. The number of hydrogen-bond acceptors (Lipinski definition) is 3. The van der Waals surface area contributed by atoms with Crippen molar-refractivity contribution in [2.24, 2.45) is 4.99 Å². The third kappa shape index (κ3) is 7.04. The predicted octanol–water partition coefficient (Wildman–Crippen LogP) is 3.95. The maximum Gasteiger partial charge on any atom is 0.191 e. The molecule has 0 fully saturated rings. The molecule has 2 N–H and O–H groups in total. The number of nitrogens with zero attached hydrogens (tertiary/aromatic N) is 1. The van der Waals surface area contributed by atoms with Crippen LogP contribution >= 0.6 is 35.3 Å². The Morgan fingerprint density at radius 2 is 2.08 bits per heavy atom. The van der Waals surface area contributed by atoms with Gasteiger partial charge in [0.05, 0.1) is 13.1 Å². The second-order valence-corrected chi connectivity index (χ2v) is 6.58. The van der Waals surface area contributed by atoms with Gasteiger partial charge >= 0.3 is 0 Å². The van der Waals surface area contributed by atoms with Crippen molar-refractivity contribution in [2.75, 3.05) is 13.6 Å². The van der Waals surface area contributed by atoms with E-state index in [4.69, 9.17) is 4.74 Å². The van der Waals surface area contributed by atoms with E-state index in [0.717, 1.165) is 6.54 Å². The van der Waals surface area contributed by atoms with Crippen LogP contribution < -0.4 is 15.4 Å². The van der Waals surface area contributed by atoms with Crippen molar-refractivity contribution in [3.63, 3.8) is 0 Å². The lowest BCUT2D eigenvalue weighted by Crippen LogP contribution is -2.41. The molecule has 1 aromatic heterocycles. The van der Waals surface area contributed by atoms with E-state index in [1.54, 1.807) is 30.5 Å². The number of guanidine groups is 1. The summed E-state index contributed by atoms with van der Waals surface area (Å²) in [5.41, 5.74) is 0. The van der Waals surface area contributed by atoms with Gasteiger partial charge in [0.2, 0.25) is 0 Å². The maximum absolute atomic E-state index is 13.1. The van der Waals surface area contributed by atoms with Crippen molar-refractivity contribution in [3.05, 3.63) is 52.0 Å². The Labute approximate surface area is 163 Å². The van der Waals surface area contributed by atoms with Crippen LogP contribution in [0.25, 0.3) is 0 Å². The Kier molecular flexibility index (Phi) is 9.05. The SMILES string of the molecule is CN=C(NCc1ccc(C)s1)NCC(C)Oc1cccc(F)c1.I. The van der Waals surface area contributed by atoms with Crippen molar-refractivity contribution in [2.45, 2.75) is 26.5 Å². The van der Waals surface area contributed by atoms with Crippen LogP contribution in [-0.2, 0) is 6.54 Å². The molecule has 7 heteroatoms. The van der Waals surface area contributed by atoms with Gasteiger partial charge in [0, 0.05) is 22.9 Å². The van der Waals surface area contributed by atoms with Crippen molar-refractivity contribution in [1.82, 2.24) is 10.6 Å². The minimum Gasteiger partial charge on any atom is -0.489 e. The first-order chi connectivity index (χ1) is 11.1. The largest absolute Gasteiger partial charge is 0.489 e. The molecule has 1 atom stereocenters. The highest BCUT2D eigenvalue weighted by Crippen LogP contribution is 2.14. The molecule has 0 amide bonds. The first-order valence-electron chi connectivity index (χ1n) is 7.49. The summed E-state index contributed by atoms with van der Waals surface area (Å²) in [6.45, 7) is 5.32. The monoisotopic (exact) mass is 463 g/mol. The zero-order chi connectivity index (χ0) is 16.7. The van der Waals surface area contributed by atoms with Crippen LogP contribution in [0.1, 0.15) is 16.7 Å². The van der Waals surface area contributed by atoms with Gasteiger partial charge in [-0.15, -0.1) is 35.3 Å². The standard InChI is InChI=1S/C17H22FN3OS.HI/c1-12(22-15-6-4-5-14(18)9-15)10-20-17(19-3)21-11-16-8-7-13(2)23-16;/h4-9,12H,10-11H2,1-3H3,(H2,19,20,21);1H. The van der Waals surface area contributed by atoms with E-state index < -0.39 is 0 Å². The number of rotatable bonds is 6. The average molecular weight is 463 g/mol. The molecule has 0 spiro atoms. The van der Waals surface area contributed by atoms with Crippen LogP contribution in [0.2, 0.25) is 0 Å². The van der Waals surface area contributed by atoms with Crippen molar-refractivity contribution in [3.8, 4) is 5.75 Å². The summed E-state index contributed by atoms with van der Waals surface area (Å²) in [4.78, 5) is 6.74. The number of nitrogens with one attached hydrogen (secondary N) is 2. The summed E-state index contributed by atoms with van der Waals surface area (Å²) in [6.07, 6.45) is -0.112. The van der Waals surface area contributed by atoms with Gasteiger partial charge in [0.1, 0.15) is 17.7 Å². The number of thiophene rings is 1. The van der Waals surface area contributed by atoms with E-state index in [2.05, 4.69) is 34.7 Å². The Morgan fingerprint density at radius 3 is 2.71 bits per heavy atom. The molecule has 0 bridgehead atoms. The molecule has 4 nitrogen and oxygen atoms in total. The molecule has 0 aliphatic heterocycles. The Hall–Kier alpha value is -1.35. The summed E-state index contributed by atoms with van der Waals surface area (Å²) in [7, 11) is 1.73. The molecular weight excluding hydrogens is 440 g/mol. The lowest BCUT2D eigenvalue weighted by molar-refractivity contribution is 0.223. The zero-order valence-electron chi connectivity index (χ0n) is 14.0. The first-order valence-corrected chi connectivity index (χ1v) is 8.30. The first kappa shape index (κ1) is 20.7. The van der Waals surface area contributed by atoms with Gasteiger partial charge in [-0.05, 0) is 38.1 Å². The van der Waals surface area contributed by atoms with E-state index in [1.807, 2.05) is 6.92 Å². The van der Waals surface area contributed by atoms with Crippen LogP contribution in [0, 0.1) is 12.7 Å². The fourth-order valence-corrected chi connectivity index (χ4v) is 2.86. The number of aliphatic imine (C=N–C) groups is 1. The molecule has 0 radical (unpaired) electrons. The lowest BCUT2D eigenvalue weighted by Gasteiger charge is -2.17. The number of aryl methyl sites for hydroxylation is 1. The van der Waals surface area contributed by atoms with E-state index >= 15 is 0 Å². The third-order valence-electron chi connectivity index (χ3n) is 3.14. The fourth-order valence-electron chi connectivity index (χ4n) is 2.03. The summed E-state index contributed by atoms with van der Waals surface area (Å²) >= 11 is 1.76. The van der Waals surface area contributed by atoms with Gasteiger partial charge in [0.15, 0.2) is 5.96 Å². The number of hydrogen-bond donors (Lipinski definition) is 2. The van der Waals surface area contributed by atoms with E-state index in [-0.39, 0.29) is 35.9 Å². The second kappa shape index (κ2) is 10.5. The normalized spacial score (nSPS) is 12.2. The van der Waals surface area contributed by atoms with E-state index in [1.165, 1.54) is 21.9 Å². The maximum atomic E-state index is 13.1. The smallest absolute Gasteiger partial charge is 0.191 e. The molecule has 0 aliphatic rings. The van der Waals surface area contributed by atoms with Crippen molar-refractivity contribution < 1.29 is 9.13 Å². The van der Waals surface area contributed by atoms with Gasteiger partial charge in [-0.25, -0.2) is 4.39 Å². The number of ether oxygens (including phenoxy) is 1. The van der Waals surface area contributed by atoms with Crippen LogP contribution in [0.15, 0.2) is 41.4 Å². The summed E-state index contributed by atoms with van der Waals surface area (Å²) < 4.78 is 18.8. The van der Waals surface area contributed by atoms with Gasteiger partial charge < -0.3 is 15.4 Å². The topological polar surface area (TPSA) is 45.7 Å². The van der Waals surface area contributed by atoms with Crippen LogP contribution in [0.5, 0.6) is 5.75 Å². The second-order valence-electron chi connectivity index (χ2n) is 5.20. The quantitative estimate of drug-likeness (QED) is 0.388. The fraction of sp³-hybridized carbons (Fsp3) is 0.353. The van der Waals surface area contributed by atoms with Crippen LogP contribution in [-0.4, -0.2) is 25.7 Å². The molecule has 1 unspecified atom stereocenters. The van der Waals surface area contributed by atoms with E-state index in [9.17, 15) is 4.39 Å². The van der Waals surface area contributed by atoms with E-state index in [0.29, 0.717) is 18.3 Å². The summed E-state index contributed by atoms with van der Waals surface area (Å²) in [6, 6.07) is 10.4. The minimum absolute atomic E-state index is 0. The van der Waals surface area contributed by atoms with Gasteiger partial charge in [-0.2, -0.15) is 0 Å². The molecular formula is C17H23FIN3OS. The zero-order valence-corrected chi connectivity index (χ0v) is 17.2. The molecule has 1 heterocycles. The molecule has 0 aliphatic carbocycles. The Balaban J connectivity index is 0.00000288. The highest BCUT2D eigenvalue weighted by Gasteiger charge is 2.07. The average Bonchev–Trinajstić information content (AvgIpc) is 2.93. The highest BCUT2D eigenvalue weighted by atomic mass is 127. The molecule has 0 saturated heterocycles. The third-order valence-corrected chi connectivity index (χ3v) is 4.14. The summed E-state index contributed by atoms with van der Waals surface area (Å²) in [5, 5.41) is 6.47. The lowest BCUT2D eigenvalue weighted by atomic mass is 10.3. The van der Waals surface area contributed by atoms with Gasteiger partial charge in [-0.3, -0.25) is 4.99 Å². The van der Waals surface area contributed by atoms with Crippen LogP contribution in [0.4, 0.5) is 4.39 Å².